The number of morpholine rings is 1. The van der Waals surface area contributed by atoms with E-state index in [0.29, 0.717) is 6.04 Å². The number of likely N-dealkylation sites (N-methyl/N-ethyl adjacent to an activating group) is 1. The number of guanidine groups is 1. The van der Waals surface area contributed by atoms with Gasteiger partial charge in [0.15, 0.2) is 5.96 Å². The Morgan fingerprint density at radius 3 is 2.62 bits per heavy atom. The van der Waals surface area contributed by atoms with Crippen LogP contribution >= 0.6 is 24.0 Å². The second-order valence-electron chi connectivity index (χ2n) is 8.04. The average Bonchev–Trinajstić information content (AvgIpc) is 2.72. The zero-order valence-corrected chi connectivity index (χ0v) is 20.8. The predicted molar refractivity (Wildman–Crippen MR) is 131 cm³/mol. The second kappa shape index (κ2) is 12.1. The highest BCUT2D eigenvalue weighted by molar-refractivity contribution is 14.0. The summed E-state index contributed by atoms with van der Waals surface area (Å²) in [5.74, 6) is 1.02. The lowest BCUT2D eigenvalue weighted by Gasteiger charge is -2.37. The van der Waals surface area contributed by atoms with E-state index in [1.54, 1.807) is 0 Å². The Hall–Kier alpha value is -0.900. The number of halogens is 1. The Balaban J connectivity index is 0.00000300. The van der Waals surface area contributed by atoms with E-state index >= 15 is 0 Å². The minimum Gasteiger partial charge on any atom is -0.370 e. The van der Waals surface area contributed by atoms with Crippen molar-refractivity contribution in [2.75, 3.05) is 66.0 Å². The second-order valence-corrected chi connectivity index (χ2v) is 8.04. The molecule has 2 unspecified atom stereocenters. The maximum Gasteiger partial charge on any atom is 0.194 e. The molecule has 0 amide bonds. The van der Waals surface area contributed by atoms with Crippen molar-refractivity contribution in [1.82, 2.24) is 20.0 Å². The van der Waals surface area contributed by atoms with E-state index < -0.39 is 0 Å². The molecule has 0 bridgehead atoms. The van der Waals surface area contributed by atoms with Crippen LogP contribution in [0.5, 0.6) is 0 Å². The van der Waals surface area contributed by atoms with Crippen LogP contribution in [-0.4, -0.2) is 92.7 Å². The van der Waals surface area contributed by atoms with Gasteiger partial charge in [0, 0.05) is 45.3 Å². The molecule has 0 aliphatic carbocycles. The van der Waals surface area contributed by atoms with E-state index in [4.69, 9.17) is 9.73 Å². The first-order chi connectivity index (χ1) is 13.6. The molecule has 164 valence electrons. The van der Waals surface area contributed by atoms with Gasteiger partial charge in [-0.2, -0.15) is 0 Å². The molecule has 7 heteroatoms. The van der Waals surface area contributed by atoms with Gasteiger partial charge in [-0.25, -0.2) is 0 Å². The highest BCUT2D eigenvalue weighted by atomic mass is 127. The summed E-state index contributed by atoms with van der Waals surface area (Å²) in [6, 6.07) is 9.00. The van der Waals surface area contributed by atoms with Crippen LogP contribution in [0.25, 0.3) is 0 Å². The van der Waals surface area contributed by atoms with Crippen LogP contribution in [0.1, 0.15) is 31.1 Å². The summed E-state index contributed by atoms with van der Waals surface area (Å²) in [4.78, 5) is 12.3. The van der Waals surface area contributed by atoms with Crippen molar-refractivity contribution in [1.29, 1.82) is 0 Å². The van der Waals surface area contributed by atoms with Crippen LogP contribution in [-0.2, 0) is 4.74 Å². The molecule has 6 nitrogen and oxygen atoms in total. The zero-order chi connectivity index (χ0) is 19.9. The fourth-order valence-electron chi connectivity index (χ4n) is 4.00. The number of rotatable bonds is 5. The average molecular weight is 515 g/mol. The first-order valence-corrected chi connectivity index (χ1v) is 10.7. The van der Waals surface area contributed by atoms with Gasteiger partial charge in [0.2, 0.25) is 0 Å². The number of nitrogens with one attached hydrogen (secondary N) is 1. The molecule has 0 radical (unpaired) electrons. The molecule has 3 rings (SSSR count). The van der Waals surface area contributed by atoms with Crippen LogP contribution < -0.4 is 5.32 Å². The number of piperazine rings is 1. The summed E-state index contributed by atoms with van der Waals surface area (Å²) in [5.41, 5.74) is 2.58. The molecule has 1 aromatic carbocycles. The molecule has 2 fully saturated rings. The lowest BCUT2D eigenvalue weighted by molar-refractivity contribution is -0.00837. The van der Waals surface area contributed by atoms with Crippen molar-refractivity contribution in [3.8, 4) is 0 Å². The lowest BCUT2D eigenvalue weighted by atomic mass is 10.0. The number of nitrogens with zero attached hydrogens (tertiary/aromatic N) is 4. The summed E-state index contributed by atoms with van der Waals surface area (Å²) in [7, 11) is 2.20. The lowest BCUT2D eigenvalue weighted by Crippen LogP contribution is -2.50. The van der Waals surface area contributed by atoms with E-state index in [1.807, 2.05) is 0 Å². The Morgan fingerprint density at radius 1 is 1.21 bits per heavy atom. The van der Waals surface area contributed by atoms with Crippen molar-refractivity contribution < 1.29 is 4.74 Å². The van der Waals surface area contributed by atoms with Crippen LogP contribution in [0, 0.1) is 6.92 Å². The number of aliphatic imine (C=N–C) groups is 1. The van der Waals surface area contributed by atoms with E-state index in [0.717, 1.165) is 64.9 Å². The molecule has 2 heterocycles. The maximum atomic E-state index is 6.10. The predicted octanol–water partition coefficient (Wildman–Crippen LogP) is 2.59. The van der Waals surface area contributed by atoms with Crippen molar-refractivity contribution in [3.63, 3.8) is 0 Å². The fourth-order valence-corrected chi connectivity index (χ4v) is 4.00. The van der Waals surface area contributed by atoms with Crippen molar-refractivity contribution in [3.05, 3.63) is 35.4 Å². The third kappa shape index (κ3) is 6.80. The molecule has 0 spiro atoms. The van der Waals surface area contributed by atoms with Crippen molar-refractivity contribution in [2.24, 2.45) is 4.99 Å². The molecular weight excluding hydrogens is 477 g/mol. The molecule has 2 atom stereocenters. The Morgan fingerprint density at radius 2 is 1.93 bits per heavy atom. The Bertz CT molecular complexity index is 648. The normalized spacial score (nSPS) is 22.8. The summed E-state index contributed by atoms with van der Waals surface area (Å²) >= 11 is 0. The molecule has 0 saturated carbocycles. The van der Waals surface area contributed by atoms with E-state index in [9.17, 15) is 0 Å². The summed E-state index contributed by atoms with van der Waals surface area (Å²) < 4.78 is 6.10. The van der Waals surface area contributed by atoms with Crippen molar-refractivity contribution in [2.45, 2.75) is 32.9 Å². The van der Waals surface area contributed by atoms with Crippen LogP contribution in [0.4, 0.5) is 0 Å². The first-order valence-electron chi connectivity index (χ1n) is 10.7. The van der Waals surface area contributed by atoms with E-state index in [-0.39, 0.29) is 30.1 Å². The van der Waals surface area contributed by atoms with Crippen LogP contribution in [0.2, 0.25) is 0 Å². The van der Waals surface area contributed by atoms with Crippen molar-refractivity contribution >= 4 is 29.9 Å². The highest BCUT2D eigenvalue weighted by Crippen LogP contribution is 2.25. The molecule has 2 saturated heterocycles. The number of benzene rings is 1. The van der Waals surface area contributed by atoms with Gasteiger partial charge in [-0.05, 0) is 38.9 Å². The van der Waals surface area contributed by atoms with Gasteiger partial charge in [0.1, 0.15) is 6.10 Å². The van der Waals surface area contributed by atoms with E-state index in [2.05, 4.69) is 72.1 Å². The van der Waals surface area contributed by atoms with Gasteiger partial charge in [0.25, 0.3) is 0 Å². The van der Waals surface area contributed by atoms with Gasteiger partial charge in [-0.3, -0.25) is 9.89 Å². The topological polar surface area (TPSA) is 43.3 Å². The highest BCUT2D eigenvalue weighted by Gasteiger charge is 2.25. The minimum atomic E-state index is 0. The quantitative estimate of drug-likeness (QED) is 0.371. The third-order valence-corrected chi connectivity index (χ3v) is 5.90. The van der Waals surface area contributed by atoms with Gasteiger partial charge in [-0.1, -0.05) is 24.3 Å². The largest absolute Gasteiger partial charge is 0.370 e. The molecule has 1 aromatic rings. The van der Waals surface area contributed by atoms with E-state index in [1.165, 1.54) is 11.1 Å². The Kier molecular flexibility index (Phi) is 10.1. The number of hydrogen-bond donors (Lipinski definition) is 1. The first kappa shape index (κ1) is 24.4. The number of ether oxygens (including phenoxy) is 1. The summed E-state index contributed by atoms with van der Waals surface area (Å²) in [5, 5.41) is 3.50. The minimum absolute atomic E-state index is 0. The standard InChI is InChI=1S/C22H37N5O.HI/c1-5-23-22(24-16-19(3)26-12-10-25(4)11-13-26)27-14-15-28-21(17-27)20-9-7-6-8-18(20)2;/h6-9,19,21H,5,10-17H2,1-4H3,(H,23,24);1H. The molecule has 2 aliphatic rings. The van der Waals surface area contributed by atoms with Gasteiger partial charge >= 0.3 is 0 Å². The van der Waals surface area contributed by atoms with Crippen LogP contribution in [0.15, 0.2) is 29.3 Å². The molecular formula is C22H38IN5O. The summed E-state index contributed by atoms with van der Waals surface area (Å²) in [6.45, 7) is 15.3. The SMILES string of the molecule is CCNC(=NCC(C)N1CCN(C)CC1)N1CCOC(c2ccccc2C)C1.I. The third-order valence-electron chi connectivity index (χ3n) is 5.90. The van der Waals surface area contributed by atoms with Gasteiger partial charge in [0.05, 0.1) is 19.7 Å². The number of aryl methyl sites for hydroxylation is 1. The summed E-state index contributed by atoms with van der Waals surface area (Å²) in [6.07, 6.45) is 0.105. The van der Waals surface area contributed by atoms with Gasteiger partial charge in [-0.15, -0.1) is 24.0 Å². The fraction of sp³-hybridized carbons (Fsp3) is 0.682. The molecule has 29 heavy (non-hydrogen) atoms. The van der Waals surface area contributed by atoms with Gasteiger partial charge < -0.3 is 19.9 Å². The number of hydrogen-bond acceptors (Lipinski definition) is 4. The molecule has 2 aliphatic heterocycles. The van der Waals surface area contributed by atoms with Crippen LogP contribution in [0.3, 0.4) is 0 Å². The molecule has 1 N–H and O–H groups in total. The smallest absolute Gasteiger partial charge is 0.194 e. The monoisotopic (exact) mass is 515 g/mol. The molecule has 0 aromatic heterocycles. The Labute approximate surface area is 193 Å². The maximum absolute atomic E-state index is 6.10. The zero-order valence-electron chi connectivity index (χ0n) is 18.4.